The number of nitro groups is 1. The first-order chi connectivity index (χ1) is 9.31. The third-order valence-electron chi connectivity index (χ3n) is 2.69. The SMILES string of the molecule is CC(C)N(CCBr)C(=O)c1c(F)ccc([N+](=O)[O-])c1F. The van der Waals surface area contributed by atoms with Crippen molar-refractivity contribution in [2.75, 3.05) is 11.9 Å². The molecular formula is C12H13BrF2N2O3. The normalized spacial score (nSPS) is 10.7. The van der Waals surface area contributed by atoms with Crippen LogP contribution in [-0.2, 0) is 0 Å². The highest BCUT2D eigenvalue weighted by Crippen LogP contribution is 2.24. The van der Waals surface area contributed by atoms with Gasteiger partial charge in [-0.15, -0.1) is 0 Å². The lowest BCUT2D eigenvalue weighted by Gasteiger charge is -2.26. The fourth-order valence-electron chi connectivity index (χ4n) is 1.71. The van der Waals surface area contributed by atoms with E-state index in [2.05, 4.69) is 15.9 Å². The summed E-state index contributed by atoms with van der Waals surface area (Å²) in [6.07, 6.45) is 0. The van der Waals surface area contributed by atoms with Crippen molar-refractivity contribution in [3.8, 4) is 0 Å². The van der Waals surface area contributed by atoms with Gasteiger partial charge >= 0.3 is 5.69 Å². The fraction of sp³-hybridized carbons (Fsp3) is 0.417. The van der Waals surface area contributed by atoms with E-state index in [9.17, 15) is 23.7 Å². The number of carbonyl (C=O) groups is 1. The molecule has 0 atom stereocenters. The molecule has 1 rings (SSSR count). The second-order valence-electron chi connectivity index (χ2n) is 4.29. The summed E-state index contributed by atoms with van der Waals surface area (Å²) in [5, 5.41) is 11.1. The van der Waals surface area contributed by atoms with Crippen LogP contribution in [0.25, 0.3) is 0 Å². The van der Waals surface area contributed by atoms with Crippen molar-refractivity contribution in [1.82, 2.24) is 4.90 Å². The Balaban J connectivity index is 3.34. The fourth-order valence-corrected chi connectivity index (χ4v) is 2.09. The smallest absolute Gasteiger partial charge is 0.305 e. The molecule has 0 saturated carbocycles. The van der Waals surface area contributed by atoms with Gasteiger partial charge in [-0.1, -0.05) is 15.9 Å². The molecule has 0 saturated heterocycles. The monoisotopic (exact) mass is 350 g/mol. The number of benzene rings is 1. The second-order valence-corrected chi connectivity index (χ2v) is 5.09. The van der Waals surface area contributed by atoms with Crippen LogP contribution >= 0.6 is 15.9 Å². The molecule has 0 spiro atoms. The quantitative estimate of drug-likeness (QED) is 0.465. The Hall–Kier alpha value is -1.57. The van der Waals surface area contributed by atoms with Gasteiger partial charge in [-0.2, -0.15) is 4.39 Å². The van der Waals surface area contributed by atoms with Gasteiger partial charge in [0.25, 0.3) is 5.91 Å². The predicted octanol–water partition coefficient (Wildman–Crippen LogP) is 3.12. The summed E-state index contributed by atoms with van der Waals surface area (Å²) < 4.78 is 27.6. The Morgan fingerprint density at radius 1 is 1.45 bits per heavy atom. The van der Waals surface area contributed by atoms with Crippen molar-refractivity contribution in [3.63, 3.8) is 0 Å². The minimum Gasteiger partial charge on any atom is -0.335 e. The number of rotatable bonds is 5. The van der Waals surface area contributed by atoms with Gasteiger partial charge in [0.15, 0.2) is 0 Å². The van der Waals surface area contributed by atoms with E-state index in [1.807, 2.05) is 0 Å². The zero-order valence-electron chi connectivity index (χ0n) is 10.9. The van der Waals surface area contributed by atoms with Crippen LogP contribution in [0, 0.1) is 21.7 Å². The number of amides is 1. The summed E-state index contributed by atoms with van der Waals surface area (Å²) in [5.74, 6) is -3.46. The van der Waals surface area contributed by atoms with E-state index in [1.165, 1.54) is 4.90 Å². The van der Waals surface area contributed by atoms with Crippen LogP contribution in [0.2, 0.25) is 0 Å². The Labute approximate surface area is 122 Å². The molecule has 0 aliphatic carbocycles. The average molecular weight is 351 g/mol. The van der Waals surface area contributed by atoms with E-state index >= 15 is 0 Å². The van der Waals surface area contributed by atoms with Crippen molar-refractivity contribution in [2.45, 2.75) is 19.9 Å². The topological polar surface area (TPSA) is 63.5 Å². The van der Waals surface area contributed by atoms with E-state index in [0.29, 0.717) is 11.4 Å². The zero-order valence-corrected chi connectivity index (χ0v) is 12.5. The van der Waals surface area contributed by atoms with Crippen LogP contribution < -0.4 is 0 Å². The summed E-state index contributed by atoms with van der Waals surface area (Å²) in [5.41, 5.74) is -1.81. The average Bonchev–Trinajstić information content (AvgIpc) is 2.34. The highest BCUT2D eigenvalue weighted by molar-refractivity contribution is 9.09. The lowest BCUT2D eigenvalue weighted by molar-refractivity contribution is -0.387. The molecule has 1 aromatic carbocycles. The lowest BCUT2D eigenvalue weighted by atomic mass is 10.1. The van der Waals surface area contributed by atoms with Gasteiger partial charge < -0.3 is 4.90 Å². The maximum atomic E-state index is 14.0. The van der Waals surface area contributed by atoms with Crippen molar-refractivity contribution >= 4 is 27.5 Å². The largest absolute Gasteiger partial charge is 0.335 e. The van der Waals surface area contributed by atoms with Gasteiger partial charge in [-0.3, -0.25) is 14.9 Å². The molecule has 1 aromatic rings. The predicted molar refractivity (Wildman–Crippen MR) is 73.0 cm³/mol. The number of halogens is 3. The van der Waals surface area contributed by atoms with Gasteiger partial charge in [0, 0.05) is 24.0 Å². The zero-order chi connectivity index (χ0) is 15.4. The standard InChI is InChI=1S/C12H13BrF2N2O3/c1-7(2)16(6-5-13)12(18)10-8(14)3-4-9(11(10)15)17(19)20/h3-4,7H,5-6H2,1-2H3. The number of nitro benzene ring substituents is 1. The van der Waals surface area contributed by atoms with Gasteiger partial charge in [0.2, 0.25) is 5.82 Å². The number of hydrogen-bond donors (Lipinski definition) is 0. The Kier molecular flexibility index (Phi) is 5.55. The molecule has 1 amide bonds. The van der Waals surface area contributed by atoms with Crippen LogP contribution in [0.15, 0.2) is 12.1 Å². The maximum Gasteiger partial charge on any atom is 0.305 e. The molecule has 110 valence electrons. The molecule has 0 unspecified atom stereocenters. The molecule has 20 heavy (non-hydrogen) atoms. The summed E-state index contributed by atoms with van der Waals surface area (Å²) in [7, 11) is 0. The van der Waals surface area contributed by atoms with E-state index in [0.717, 1.165) is 6.07 Å². The van der Waals surface area contributed by atoms with Crippen molar-refractivity contribution in [2.24, 2.45) is 0 Å². The summed E-state index contributed by atoms with van der Waals surface area (Å²) >= 11 is 3.14. The highest BCUT2D eigenvalue weighted by Gasteiger charge is 2.30. The number of nitrogens with zero attached hydrogens (tertiary/aromatic N) is 2. The minimum atomic E-state index is -1.44. The summed E-state index contributed by atoms with van der Waals surface area (Å²) in [6.45, 7) is 3.61. The summed E-state index contributed by atoms with van der Waals surface area (Å²) in [6, 6.07) is 1.13. The van der Waals surface area contributed by atoms with Crippen molar-refractivity contribution < 1.29 is 18.5 Å². The third-order valence-corrected chi connectivity index (χ3v) is 3.05. The van der Waals surface area contributed by atoms with Gasteiger partial charge in [-0.25, -0.2) is 4.39 Å². The molecule has 0 radical (unpaired) electrons. The first-order valence-electron chi connectivity index (χ1n) is 5.80. The van der Waals surface area contributed by atoms with Crippen molar-refractivity contribution in [3.05, 3.63) is 39.4 Å². The van der Waals surface area contributed by atoms with Gasteiger partial charge in [0.1, 0.15) is 11.4 Å². The minimum absolute atomic E-state index is 0.234. The van der Waals surface area contributed by atoms with E-state index in [1.54, 1.807) is 13.8 Å². The Morgan fingerprint density at radius 2 is 2.05 bits per heavy atom. The molecule has 8 heteroatoms. The number of carbonyl (C=O) groups excluding carboxylic acids is 1. The second kappa shape index (κ2) is 6.74. The van der Waals surface area contributed by atoms with Crippen LogP contribution in [-0.4, -0.2) is 33.6 Å². The van der Waals surface area contributed by atoms with E-state index in [-0.39, 0.29) is 12.6 Å². The molecular weight excluding hydrogens is 338 g/mol. The van der Waals surface area contributed by atoms with Gasteiger partial charge in [0.05, 0.1) is 4.92 Å². The van der Waals surface area contributed by atoms with Gasteiger partial charge in [-0.05, 0) is 19.9 Å². The molecule has 0 aromatic heterocycles. The maximum absolute atomic E-state index is 14.0. The number of hydrogen-bond acceptors (Lipinski definition) is 3. The van der Waals surface area contributed by atoms with E-state index in [4.69, 9.17) is 0 Å². The molecule has 0 fully saturated rings. The van der Waals surface area contributed by atoms with E-state index < -0.39 is 33.7 Å². The van der Waals surface area contributed by atoms with Crippen LogP contribution in [0.4, 0.5) is 14.5 Å². The van der Waals surface area contributed by atoms with Crippen LogP contribution in [0.1, 0.15) is 24.2 Å². The van der Waals surface area contributed by atoms with Crippen LogP contribution in [0.3, 0.4) is 0 Å². The Morgan fingerprint density at radius 3 is 2.50 bits per heavy atom. The first-order valence-corrected chi connectivity index (χ1v) is 6.92. The molecule has 0 aliphatic rings. The third kappa shape index (κ3) is 3.30. The lowest BCUT2D eigenvalue weighted by Crippen LogP contribution is -2.39. The first kappa shape index (κ1) is 16.5. The summed E-state index contributed by atoms with van der Waals surface area (Å²) in [4.78, 5) is 23.1. The van der Waals surface area contributed by atoms with Crippen molar-refractivity contribution in [1.29, 1.82) is 0 Å². The molecule has 0 N–H and O–H groups in total. The van der Waals surface area contributed by atoms with Crippen LogP contribution in [0.5, 0.6) is 0 Å². The molecule has 5 nitrogen and oxygen atoms in total. The molecule has 0 bridgehead atoms. The number of alkyl halides is 1. The Bertz CT molecular complexity index is 538. The molecule has 0 aliphatic heterocycles. The molecule has 0 heterocycles. The highest BCUT2D eigenvalue weighted by atomic mass is 79.9.